The molecule has 29 heavy (non-hydrogen) atoms. The molecule has 0 aliphatic carbocycles. The van der Waals surface area contributed by atoms with Gasteiger partial charge in [-0.15, -0.1) is 0 Å². The standard InChI is InChI=1S/C22H19N5O2/c28-22-17-13-27(14-19-24-21(26-29-19)16-9-5-2-6-10-16)12-11-18(17)23-20(25-22)15-7-3-1-4-8-15/h1-10H,11-14H2,(H,23,25,28). The Morgan fingerprint density at radius 1 is 0.966 bits per heavy atom. The van der Waals surface area contributed by atoms with Crippen molar-refractivity contribution >= 4 is 0 Å². The number of benzene rings is 2. The third-order valence-corrected chi connectivity index (χ3v) is 5.05. The van der Waals surface area contributed by atoms with Gasteiger partial charge in [-0.25, -0.2) is 4.98 Å². The van der Waals surface area contributed by atoms with E-state index >= 15 is 0 Å². The van der Waals surface area contributed by atoms with Gasteiger partial charge in [0.1, 0.15) is 5.82 Å². The van der Waals surface area contributed by atoms with Crippen LogP contribution in [-0.2, 0) is 19.5 Å². The molecular formula is C22H19N5O2. The van der Waals surface area contributed by atoms with Crippen LogP contribution in [0.25, 0.3) is 22.8 Å². The molecule has 0 atom stereocenters. The van der Waals surface area contributed by atoms with Crippen LogP contribution >= 0.6 is 0 Å². The third-order valence-electron chi connectivity index (χ3n) is 5.05. The van der Waals surface area contributed by atoms with Gasteiger partial charge in [0.2, 0.25) is 11.7 Å². The molecule has 0 unspecified atom stereocenters. The van der Waals surface area contributed by atoms with E-state index in [0.717, 1.165) is 23.4 Å². The van der Waals surface area contributed by atoms with Crippen molar-refractivity contribution in [1.29, 1.82) is 0 Å². The number of aromatic amines is 1. The summed E-state index contributed by atoms with van der Waals surface area (Å²) in [6.07, 6.45) is 0.707. The highest BCUT2D eigenvalue weighted by molar-refractivity contribution is 5.55. The summed E-state index contributed by atoms with van der Waals surface area (Å²) in [7, 11) is 0. The Hall–Kier alpha value is -3.58. The van der Waals surface area contributed by atoms with Crippen molar-refractivity contribution in [3.8, 4) is 22.8 Å². The van der Waals surface area contributed by atoms with Gasteiger partial charge < -0.3 is 9.51 Å². The van der Waals surface area contributed by atoms with Crippen molar-refractivity contribution in [2.45, 2.75) is 19.5 Å². The van der Waals surface area contributed by atoms with Gasteiger partial charge in [-0.2, -0.15) is 4.98 Å². The third kappa shape index (κ3) is 3.60. The molecule has 0 radical (unpaired) electrons. The van der Waals surface area contributed by atoms with Crippen molar-refractivity contribution in [2.24, 2.45) is 0 Å². The Labute approximate surface area is 167 Å². The molecule has 7 nitrogen and oxygen atoms in total. The number of hydrogen-bond donors (Lipinski definition) is 1. The largest absolute Gasteiger partial charge is 0.338 e. The van der Waals surface area contributed by atoms with E-state index in [1.807, 2.05) is 60.7 Å². The first-order valence-corrected chi connectivity index (χ1v) is 9.54. The van der Waals surface area contributed by atoms with Crippen LogP contribution in [0.4, 0.5) is 0 Å². The smallest absolute Gasteiger partial charge is 0.255 e. The molecule has 2 aromatic heterocycles. The number of aromatic nitrogens is 4. The van der Waals surface area contributed by atoms with Crippen molar-refractivity contribution in [2.75, 3.05) is 6.54 Å². The monoisotopic (exact) mass is 385 g/mol. The highest BCUT2D eigenvalue weighted by Gasteiger charge is 2.23. The second kappa shape index (κ2) is 7.44. The normalized spacial score (nSPS) is 13.9. The SMILES string of the molecule is O=c1[nH]c(-c2ccccc2)nc2c1CN(Cc1nc(-c3ccccc3)no1)CC2. The lowest BCUT2D eigenvalue weighted by molar-refractivity contribution is 0.208. The lowest BCUT2D eigenvalue weighted by Crippen LogP contribution is -2.35. The highest BCUT2D eigenvalue weighted by Crippen LogP contribution is 2.21. The summed E-state index contributed by atoms with van der Waals surface area (Å²) >= 11 is 0. The molecule has 0 saturated carbocycles. The lowest BCUT2D eigenvalue weighted by Gasteiger charge is -2.26. The summed E-state index contributed by atoms with van der Waals surface area (Å²) in [4.78, 5) is 26.9. The summed E-state index contributed by atoms with van der Waals surface area (Å²) in [5.74, 6) is 1.73. The van der Waals surface area contributed by atoms with Crippen molar-refractivity contribution < 1.29 is 4.52 Å². The van der Waals surface area contributed by atoms with E-state index < -0.39 is 0 Å². The first-order chi connectivity index (χ1) is 14.3. The fourth-order valence-corrected chi connectivity index (χ4v) is 3.56. The molecule has 5 rings (SSSR count). The van der Waals surface area contributed by atoms with Crippen LogP contribution in [0.3, 0.4) is 0 Å². The van der Waals surface area contributed by atoms with E-state index in [4.69, 9.17) is 9.51 Å². The maximum absolute atomic E-state index is 12.7. The molecule has 0 amide bonds. The van der Waals surface area contributed by atoms with Crippen LogP contribution in [0.2, 0.25) is 0 Å². The minimum absolute atomic E-state index is 0.0888. The second-order valence-electron chi connectivity index (χ2n) is 7.04. The molecule has 0 saturated heterocycles. The van der Waals surface area contributed by atoms with Crippen LogP contribution in [0, 0.1) is 0 Å². The molecule has 0 bridgehead atoms. The van der Waals surface area contributed by atoms with E-state index in [9.17, 15) is 4.79 Å². The number of rotatable bonds is 4. The van der Waals surface area contributed by atoms with Crippen molar-refractivity contribution in [3.63, 3.8) is 0 Å². The number of nitrogens with zero attached hydrogens (tertiary/aromatic N) is 4. The molecule has 3 heterocycles. The van der Waals surface area contributed by atoms with E-state index in [0.29, 0.717) is 42.6 Å². The topological polar surface area (TPSA) is 87.9 Å². The summed E-state index contributed by atoms with van der Waals surface area (Å²) in [5, 5.41) is 4.07. The Morgan fingerprint density at radius 2 is 1.69 bits per heavy atom. The van der Waals surface area contributed by atoms with Crippen molar-refractivity contribution in [3.05, 3.63) is 88.2 Å². The quantitative estimate of drug-likeness (QED) is 0.581. The number of fused-ring (bicyclic) bond motifs is 1. The molecule has 1 aliphatic rings. The fraction of sp³-hybridized carbons (Fsp3) is 0.182. The minimum atomic E-state index is -0.0888. The summed E-state index contributed by atoms with van der Waals surface area (Å²) in [6, 6.07) is 19.4. The molecule has 7 heteroatoms. The number of nitrogens with one attached hydrogen (secondary N) is 1. The minimum Gasteiger partial charge on any atom is -0.338 e. The van der Waals surface area contributed by atoms with Gasteiger partial charge in [0.15, 0.2) is 0 Å². The molecule has 2 aromatic carbocycles. The van der Waals surface area contributed by atoms with Gasteiger partial charge in [0, 0.05) is 30.6 Å². The number of H-pyrrole nitrogens is 1. The molecule has 1 N–H and O–H groups in total. The predicted molar refractivity (Wildman–Crippen MR) is 108 cm³/mol. The molecule has 144 valence electrons. The summed E-state index contributed by atoms with van der Waals surface area (Å²) in [6.45, 7) is 1.79. The van der Waals surface area contributed by atoms with Crippen LogP contribution < -0.4 is 5.56 Å². The first-order valence-electron chi connectivity index (χ1n) is 9.54. The van der Waals surface area contributed by atoms with Gasteiger partial charge in [0.25, 0.3) is 5.56 Å². The number of hydrogen-bond acceptors (Lipinski definition) is 6. The Morgan fingerprint density at radius 3 is 2.45 bits per heavy atom. The van der Waals surface area contributed by atoms with Crippen LogP contribution in [0.5, 0.6) is 0 Å². The van der Waals surface area contributed by atoms with Gasteiger partial charge in [0.05, 0.1) is 17.8 Å². The zero-order valence-corrected chi connectivity index (χ0v) is 15.7. The van der Waals surface area contributed by atoms with Gasteiger partial charge >= 0.3 is 0 Å². The summed E-state index contributed by atoms with van der Waals surface area (Å²) in [5.41, 5.74) is 3.31. The maximum Gasteiger partial charge on any atom is 0.255 e. The molecule has 1 aliphatic heterocycles. The molecule has 0 spiro atoms. The van der Waals surface area contributed by atoms with Crippen LogP contribution in [0.15, 0.2) is 70.0 Å². The maximum atomic E-state index is 12.7. The van der Waals surface area contributed by atoms with Crippen LogP contribution in [-0.4, -0.2) is 31.6 Å². The van der Waals surface area contributed by atoms with Gasteiger partial charge in [-0.3, -0.25) is 9.69 Å². The van der Waals surface area contributed by atoms with E-state index in [1.54, 1.807) is 0 Å². The fourth-order valence-electron chi connectivity index (χ4n) is 3.56. The first kappa shape index (κ1) is 17.5. The average Bonchev–Trinajstić information content (AvgIpc) is 3.24. The highest BCUT2D eigenvalue weighted by atomic mass is 16.5. The Balaban J connectivity index is 1.34. The van der Waals surface area contributed by atoms with E-state index in [-0.39, 0.29) is 5.56 Å². The van der Waals surface area contributed by atoms with E-state index in [2.05, 4.69) is 20.0 Å². The zero-order chi connectivity index (χ0) is 19.6. The predicted octanol–water partition coefficient (Wildman–Crippen LogP) is 3.05. The Kier molecular flexibility index (Phi) is 4.50. The van der Waals surface area contributed by atoms with Crippen LogP contribution in [0.1, 0.15) is 17.1 Å². The van der Waals surface area contributed by atoms with Gasteiger partial charge in [-0.1, -0.05) is 65.8 Å². The molecule has 0 fully saturated rings. The average molecular weight is 385 g/mol. The molecule has 4 aromatic rings. The summed E-state index contributed by atoms with van der Waals surface area (Å²) < 4.78 is 5.41. The van der Waals surface area contributed by atoms with E-state index in [1.165, 1.54) is 0 Å². The zero-order valence-electron chi connectivity index (χ0n) is 15.7. The van der Waals surface area contributed by atoms with Crippen molar-refractivity contribution in [1.82, 2.24) is 25.0 Å². The lowest BCUT2D eigenvalue weighted by atomic mass is 10.1. The molecular weight excluding hydrogens is 366 g/mol. The van der Waals surface area contributed by atoms with Gasteiger partial charge in [-0.05, 0) is 0 Å². The Bertz CT molecular complexity index is 1180. The second-order valence-corrected chi connectivity index (χ2v) is 7.04.